The second kappa shape index (κ2) is 8.29. The Bertz CT molecular complexity index is 591. The third-order valence-electron chi connectivity index (χ3n) is 2.97. The smallest absolute Gasteiger partial charge is 0.385 e. The molecular formula is C15H15F3N2O3. The Morgan fingerprint density at radius 2 is 1.91 bits per heavy atom. The number of benzene rings is 1. The van der Waals surface area contributed by atoms with Crippen molar-refractivity contribution in [1.29, 1.82) is 5.26 Å². The summed E-state index contributed by atoms with van der Waals surface area (Å²) in [7, 11) is 1.49. The molecule has 0 fully saturated rings. The lowest BCUT2D eigenvalue weighted by molar-refractivity contribution is -0.137. The number of ether oxygens (including phenoxy) is 1. The normalized spacial score (nSPS) is 12.3. The third-order valence-corrected chi connectivity index (χ3v) is 2.97. The van der Waals surface area contributed by atoms with E-state index in [0.717, 1.165) is 24.3 Å². The molecule has 1 aromatic carbocycles. The number of rotatable bonds is 7. The summed E-state index contributed by atoms with van der Waals surface area (Å²) in [6.45, 7) is 0.634. The number of halogens is 3. The molecule has 1 N–H and O–H groups in total. The first kappa shape index (κ1) is 18.6. The molecule has 1 atom stereocenters. The van der Waals surface area contributed by atoms with Crippen molar-refractivity contribution in [2.45, 2.75) is 12.6 Å². The highest BCUT2D eigenvalue weighted by Gasteiger charge is 2.31. The van der Waals surface area contributed by atoms with Gasteiger partial charge in [0.15, 0.2) is 11.7 Å². The number of hydrogen-bond donors (Lipinski definition) is 1. The first-order chi connectivity index (χ1) is 10.8. The van der Waals surface area contributed by atoms with E-state index < -0.39 is 29.3 Å². The van der Waals surface area contributed by atoms with E-state index in [0.29, 0.717) is 13.0 Å². The predicted octanol–water partition coefficient (Wildman–Crippen LogP) is 2.18. The van der Waals surface area contributed by atoms with Gasteiger partial charge in [-0.1, -0.05) is 12.1 Å². The van der Waals surface area contributed by atoms with Gasteiger partial charge in [-0.25, -0.2) is 0 Å². The van der Waals surface area contributed by atoms with Crippen molar-refractivity contribution in [2.24, 2.45) is 5.92 Å². The summed E-state index contributed by atoms with van der Waals surface area (Å²) < 4.78 is 42.2. The maximum atomic E-state index is 12.5. The molecule has 0 radical (unpaired) electrons. The quantitative estimate of drug-likeness (QED) is 0.473. The number of ketones is 1. The van der Waals surface area contributed by atoms with Crippen molar-refractivity contribution in [3.05, 3.63) is 35.4 Å². The number of hydrogen-bond acceptors (Lipinski definition) is 4. The fraction of sp³-hybridized carbons (Fsp3) is 0.400. The average Bonchev–Trinajstić information content (AvgIpc) is 2.51. The van der Waals surface area contributed by atoms with Crippen LogP contribution in [0.5, 0.6) is 0 Å². The Morgan fingerprint density at radius 1 is 1.30 bits per heavy atom. The lowest BCUT2D eigenvalue weighted by Gasteiger charge is -2.11. The summed E-state index contributed by atoms with van der Waals surface area (Å²) in [6.07, 6.45) is -4.01. The fourth-order valence-corrected chi connectivity index (χ4v) is 1.76. The molecule has 0 aliphatic heterocycles. The number of amides is 1. The second-order valence-corrected chi connectivity index (χ2v) is 4.64. The van der Waals surface area contributed by atoms with E-state index in [-0.39, 0.29) is 12.1 Å². The zero-order valence-corrected chi connectivity index (χ0v) is 12.3. The van der Waals surface area contributed by atoms with Crippen molar-refractivity contribution in [3.63, 3.8) is 0 Å². The number of nitriles is 1. The van der Waals surface area contributed by atoms with E-state index in [1.807, 2.05) is 0 Å². The van der Waals surface area contributed by atoms with Crippen LogP contribution in [-0.2, 0) is 15.7 Å². The average molecular weight is 328 g/mol. The van der Waals surface area contributed by atoms with Gasteiger partial charge in [-0.15, -0.1) is 0 Å². The van der Waals surface area contributed by atoms with Gasteiger partial charge in [0.05, 0.1) is 11.6 Å². The lowest BCUT2D eigenvalue weighted by Crippen LogP contribution is -2.35. The predicted molar refractivity (Wildman–Crippen MR) is 74.4 cm³/mol. The van der Waals surface area contributed by atoms with Gasteiger partial charge in [0, 0.05) is 25.8 Å². The van der Waals surface area contributed by atoms with Crippen LogP contribution < -0.4 is 5.32 Å². The number of carbonyl (C=O) groups excluding carboxylic acids is 2. The van der Waals surface area contributed by atoms with Crippen molar-refractivity contribution in [1.82, 2.24) is 5.32 Å². The third kappa shape index (κ3) is 5.38. The standard InChI is InChI=1S/C15H15F3N2O3/c1-23-8-2-7-20-14(22)12(9-19)13(21)10-3-5-11(6-4-10)15(16,17)18/h3-6,12H,2,7-8H2,1H3,(H,20,22). The van der Waals surface area contributed by atoms with Crippen LogP contribution in [0, 0.1) is 17.2 Å². The van der Waals surface area contributed by atoms with Gasteiger partial charge < -0.3 is 10.1 Å². The highest BCUT2D eigenvalue weighted by Crippen LogP contribution is 2.29. The number of nitrogens with zero attached hydrogens (tertiary/aromatic N) is 1. The molecule has 1 unspecified atom stereocenters. The van der Waals surface area contributed by atoms with Crippen LogP contribution in [0.25, 0.3) is 0 Å². The van der Waals surface area contributed by atoms with E-state index >= 15 is 0 Å². The highest BCUT2D eigenvalue weighted by molar-refractivity contribution is 6.12. The molecule has 0 saturated carbocycles. The molecule has 0 aliphatic rings. The minimum Gasteiger partial charge on any atom is -0.385 e. The van der Waals surface area contributed by atoms with E-state index in [1.54, 1.807) is 6.07 Å². The highest BCUT2D eigenvalue weighted by atomic mass is 19.4. The maximum absolute atomic E-state index is 12.5. The zero-order chi connectivity index (χ0) is 17.5. The van der Waals surface area contributed by atoms with Gasteiger partial charge in [-0.2, -0.15) is 18.4 Å². The van der Waals surface area contributed by atoms with E-state index in [2.05, 4.69) is 5.32 Å². The van der Waals surface area contributed by atoms with Gasteiger partial charge in [0.25, 0.3) is 0 Å². The van der Waals surface area contributed by atoms with Crippen molar-refractivity contribution in [2.75, 3.05) is 20.3 Å². The molecule has 23 heavy (non-hydrogen) atoms. The molecule has 1 rings (SSSR count). The molecule has 0 heterocycles. The number of methoxy groups -OCH3 is 1. The van der Waals surface area contributed by atoms with Crippen LogP contribution in [0.2, 0.25) is 0 Å². The molecule has 0 aliphatic carbocycles. The van der Waals surface area contributed by atoms with Crippen LogP contribution in [0.1, 0.15) is 22.3 Å². The van der Waals surface area contributed by atoms with Gasteiger partial charge in [0.2, 0.25) is 5.91 Å². The minimum atomic E-state index is -4.52. The maximum Gasteiger partial charge on any atom is 0.416 e. The van der Waals surface area contributed by atoms with Crippen molar-refractivity contribution >= 4 is 11.7 Å². The van der Waals surface area contributed by atoms with Crippen LogP contribution in [0.15, 0.2) is 24.3 Å². The largest absolute Gasteiger partial charge is 0.416 e. The second-order valence-electron chi connectivity index (χ2n) is 4.64. The molecule has 0 spiro atoms. The van der Waals surface area contributed by atoms with E-state index in [4.69, 9.17) is 10.00 Å². The number of Topliss-reactive ketones (excluding diaryl/α,β-unsaturated/α-hetero) is 1. The Balaban J connectivity index is 2.77. The summed E-state index contributed by atoms with van der Waals surface area (Å²) >= 11 is 0. The van der Waals surface area contributed by atoms with Crippen molar-refractivity contribution < 1.29 is 27.5 Å². The van der Waals surface area contributed by atoms with Gasteiger partial charge in [0.1, 0.15) is 0 Å². The SMILES string of the molecule is COCCCNC(=O)C(C#N)C(=O)c1ccc(C(F)(F)F)cc1. The Labute approximate surface area is 131 Å². The molecular weight excluding hydrogens is 313 g/mol. The zero-order valence-electron chi connectivity index (χ0n) is 12.3. The first-order valence-electron chi connectivity index (χ1n) is 6.69. The molecule has 1 amide bonds. The summed E-state index contributed by atoms with van der Waals surface area (Å²) in [6, 6.07) is 4.94. The first-order valence-corrected chi connectivity index (χ1v) is 6.69. The lowest BCUT2D eigenvalue weighted by atomic mass is 9.97. The molecule has 0 bridgehead atoms. The van der Waals surface area contributed by atoms with Crippen LogP contribution >= 0.6 is 0 Å². The number of alkyl halides is 3. The van der Waals surface area contributed by atoms with Gasteiger partial charge in [-0.3, -0.25) is 9.59 Å². The van der Waals surface area contributed by atoms with Gasteiger partial charge in [-0.05, 0) is 18.6 Å². The molecule has 8 heteroatoms. The molecule has 1 aromatic rings. The van der Waals surface area contributed by atoms with Gasteiger partial charge >= 0.3 is 6.18 Å². The number of nitrogens with one attached hydrogen (secondary N) is 1. The summed E-state index contributed by atoms with van der Waals surface area (Å²) in [5.74, 6) is -3.23. The molecule has 0 aromatic heterocycles. The monoisotopic (exact) mass is 328 g/mol. The Hall–Kier alpha value is -2.40. The van der Waals surface area contributed by atoms with E-state index in [1.165, 1.54) is 7.11 Å². The Kier molecular flexibility index (Phi) is 6.72. The van der Waals surface area contributed by atoms with Crippen molar-refractivity contribution in [3.8, 4) is 6.07 Å². The molecule has 0 saturated heterocycles. The molecule has 5 nitrogen and oxygen atoms in total. The summed E-state index contributed by atoms with van der Waals surface area (Å²) in [5, 5.41) is 11.4. The fourth-order valence-electron chi connectivity index (χ4n) is 1.76. The summed E-state index contributed by atoms with van der Waals surface area (Å²) in [4.78, 5) is 23.9. The topological polar surface area (TPSA) is 79.2 Å². The van der Waals surface area contributed by atoms with E-state index in [9.17, 15) is 22.8 Å². The Morgan fingerprint density at radius 3 is 2.39 bits per heavy atom. The minimum absolute atomic E-state index is 0.128. The summed E-state index contributed by atoms with van der Waals surface area (Å²) in [5.41, 5.74) is -1.04. The number of carbonyl (C=O) groups is 2. The van der Waals surface area contributed by atoms with Crippen LogP contribution in [-0.4, -0.2) is 32.0 Å². The van der Waals surface area contributed by atoms with Crippen LogP contribution in [0.4, 0.5) is 13.2 Å². The molecule has 124 valence electrons. The van der Waals surface area contributed by atoms with Crippen LogP contribution in [0.3, 0.4) is 0 Å².